The molecule has 3 nitrogen and oxygen atoms in total. The Morgan fingerprint density at radius 1 is 1.39 bits per heavy atom. The zero-order chi connectivity index (χ0) is 13.7. The quantitative estimate of drug-likeness (QED) is 0.578. The number of carbonyl (C=O) groups is 1. The molecule has 0 radical (unpaired) electrons. The van der Waals surface area contributed by atoms with Crippen molar-refractivity contribution >= 4 is 5.97 Å². The van der Waals surface area contributed by atoms with E-state index in [4.69, 9.17) is 4.74 Å². The molecule has 1 rings (SSSR count). The molecule has 0 bridgehead atoms. The first-order valence-corrected chi connectivity index (χ1v) is 6.97. The molecule has 1 aliphatic carbocycles. The summed E-state index contributed by atoms with van der Waals surface area (Å²) in [6.07, 6.45) is 5.22. The van der Waals surface area contributed by atoms with Crippen LogP contribution in [0.4, 0.5) is 0 Å². The lowest BCUT2D eigenvalue weighted by Crippen LogP contribution is -2.27. The summed E-state index contributed by atoms with van der Waals surface area (Å²) < 4.78 is 5.38. The number of hydrogen-bond acceptors (Lipinski definition) is 3. The number of allylic oxidation sites excluding steroid dienone is 1. The van der Waals surface area contributed by atoms with E-state index in [-0.39, 0.29) is 18.0 Å². The van der Waals surface area contributed by atoms with Crippen molar-refractivity contribution in [1.82, 2.24) is 0 Å². The van der Waals surface area contributed by atoms with Gasteiger partial charge in [-0.3, -0.25) is 4.79 Å². The number of carbonyl (C=O) groups excluding carboxylic acids is 1. The van der Waals surface area contributed by atoms with E-state index >= 15 is 0 Å². The van der Waals surface area contributed by atoms with E-state index in [1.165, 1.54) is 6.92 Å². The minimum Gasteiger partial charge on any atom is -0.462 e. The van der Waals surface area contributed by atoms with Gasteiger partial charge in [-0.1, -0.05) is 19.9 Å². The molecule has 18 heavy (non-hydrogen) atoms. The van der Waals surface area contributed by atoms with Gasteiger partial charge in [0.2, 0.25) is 0 Å². The first-order valence-electron chi connectivity index (χ1n) is 6.97. The Labute approximate surface area is 110 Å². The maximum Gasteiger partial charge on any atom is 0.302 e. The summed E-state index contributed by atoms with van der Waals surface area (Å²) >= 11 is 0. The highest BCUT2D eigenvalue weighted by atomic mass is 16.5. The standard InChI is InChI=1S/C15H26O3/c1-5-13-10(2)7-6-8-15(18-12(4)16)11(3)9-14(13)17/h5,10-11,14-15,17H,6-9H2,1-4H3/b13-5-/t10-,11?,14-,15-/m0/s1. The Hall–Kier alpha value is -0.830. The second-order valence-electron chi connectivity index (χ2n) is 5.50. The number of rotatable bonds is 1. The summed E-state index contributed by atoms with van der Waals surface area (Å²) in [7, 11) is 0. The van der Waals surface area contributed by atoms with Gasteiger partial charge in [0.25, 0.3) is 0 Å². The lowest BCUT2D eigenvalue weighted by atomic mass is 9.89. The molecule has 0 aromatic heterocycles. The SMILES string of the molecule is C/C=C1/[C@@H](C)CCC[C@H](OC(C)=O)C(C)C[C@@H]1O. The average molecular weight is 254 g/mol. The molecule has 104 valence electrons. The Balaban J connectivity index is 2.79. The van der Waals surface area contributed by atoms with Crippen LogP contribution < -0.4 is 0 Å². The summed E-state index contributed by atoms with van der Waals surface area (Å²) in [5.41, 5.74) is 1.13. The van der Waals surface area contributed by atoms with Crippen LogP contribution in [-0.4, -0.2) is 23.3 Å². The molecule has 0 aliphatic heterocycles. The van der Waals surface area contributed by atoms with Crippen LogP contribution in [0.25, 0.3) is 0 Å². The number of ether oxygens (including phenoxy) is 1. The van der Waals surface area contributed by atoms with Crippen molar-refractivity contribution in [2.75, 3.05) is 0 Å². The zero-order valence-corrected chi connectivity index (χ0v) is 12.0. The third-order valence-corrected chi connectivity index (χ3v) is 3.96. The van der Waals surface area contributed by atoms with Crippen molar-refractivity contribution < 1.29 is 14.6 Å². The Kier molecular flexibility index (Phi) is 5.86. The highest BCUT2D eigenvalue weighted by Gasteiger charge is 2.28. The van der Waals surface area contributed by atoms with Crippen molar-refractivity contribution in [2.24, 2.45) is 11.8 Å². The van der Waals surface area contributed by atoms with Gasteiger partial charge in [-0.2, -0.15) is 0 Å². The zero-order valence-electron chi connectivity index (χ0n) is 12.0. The summed E-state index contributed by atoms with van der Waals surface area (Å²) in [5.74, 6) is 0.386. The normalized spacial score (nSPS) is 36.6. The molecule has 1 saturated carbocycles. The van der Waals surface area contributed by atoms with Gasteiger partial charge in [-0.15, -0.1) is 0 Å². The summed E-state index contributed by atoms with van der Waals surface area (Å²) in [4.78, 5) is 11.1. The Bertz CT molecular complexity index is 309. The topological polar surface area (TPSA) is 46.5 Å². The van der Waals surface area contributed by atoms with Crippen molar-refractivity contribution in [1.29, 1.82) is 0 Å². The van der Waals surface area contributed by atoms with Gasteiger partial charge < -0.3 is 9.84 Å². The highest BCUT2D eigenvalue weighted by Crippen LogP contribution is 2.30. The molecule has 1 aliphatic rings. The molecule has 0 spiro atoms. The molecule has 1 N–H and O–H groups in total. The summed E-state index contributed by atoms with van der Waals surface area (Å²) in [5, 5.41) is 10.3. The van der Waals surface area contributed by atoms with E-state index in [1.54, 1.807) is 0 Å². The highest BCUT2D eigenvalue weighted by molar-refractivity contribution is 5.66. The van der Waals surface area contributed by atoms with E-state index < -0.39 is 6.10 Å². The second-order valence-corrected chi connectivity index (χ2v) is 5.50. The minimum absolute atomic E-state index is 0.0550. The van der Waals surface area contributed by atoms with Crippen molar-refractivity contribution in [3.63, 3.8) is 0 Å². The fraction of sp³-hybridized carbons (Fsp3) is 0.800. The third-order valence-electron chi connectivity index (χ3n) is 3.96. The van der Waals surface area contributed by atoms with Crippen LogP contribution in [-0.2, 0) is 9.53 Å². The van der Waals surface area contributed by atoms with Gasteiger partial charge in [0.1, 0.15) is 6.10 Å². The van der Waals surface area contributed by atoms with E-state index in [1.807, 2.05) is 13.0 Å². The molecule has 0 aromatic rings. The monoisotopic (exact) mass is 254 g/mol. The first kappa shape index (κ1) is 15.2. The van der Waals surface area contributed by atoms with Crippen molar-refractivity contribution in [3.8, 4) is 0 Å². The maximum atomic E-state index is 11.1. The van der Waals surface area contributed by atoms with Crippen LogP contribution in [0, 0.1) is 11.8 Å². The van der Waals surface area contributed by atoms with Crippen LogP contribution in [0.15, 0.2) is 11.6 Å². The minimum atomic E-state index is -0.406. The molecule has 0 aromatic carbocycles. The van der Waals surface area contributed by atoms with E-state index in [0.717, 1.165) is 24.8 Å². The smallest absolute Gasteiger partial charge is 0.302 e. The molecule has 4 atom stereocenters. The molecule has 1 fully saturated rings. The lowest BCUT2D eigenvalue weighted by molar-refractivity contribution is -0.149. The molecule has 1 unspecified atom stereocenters. The second kappa shape index (κ2) is 6.93. The number of esters is 1. The largest absolute Gasteiger partial charge is 0.462 e. The Morgan fingerprint density at radius 2 is 2.06 bits per heavy atom. The van der Waals surface area contributed by atoms with Crippen LogP contribution in [0.2, 0.25) is 0 Å². The van der Waals surface area contributed by atoms with Gasteiger partial charge in [-0.25, -0.2) is 0 Å². The molecule has 0 amide bonds. The maximum absolute atomic E-state index is 11.1. The predicted octanol–water partition coefficient (Wildman–Crippen LogP) is 3.07. The van der Waals surface area contributed by atoms with Gasteiger partial charge in [0.05, 0.1) is 6.10 Å². The van der Waals surface area contributed by atoms with Gasteiger partial charge in [-0.05, 0) is 50.0 Å². The summed E-state index contributed by atoms with van der Waals surface area (Å²) in [6.45, 7) is 7.66. The van der Waals surface area contributed by atoms with Crippen LogP contribution in [0.1, 0.15) is 53.4 Å². The molecule has 3 heteroatoms. The average Bonchev–Trinajstić information content (AvgIpc) is 2.31. The number of hydrogen-bond donors (Lipinski definition) is 1. The molecule has 0 saturated heterocycles. The fourth-order valence-corrected chi connectivity index (χ4v) is 2.91. The van der Waals surface area contributed by atoms with E-state index in [2.05, 4.69) is 13.8 Å². The van der Waals surface area contributed by atoms with E-state index in [0.29, 0.717) is 12.3 Å². The van der Waals surface area contributed by atoms with Crippen LogP contribution in [0.3, 0.4) is 0 Å². The van der Waals surface area contributed by atoms with Crippen molar-refractivity contribution in [3.05, 3.63) is 11.6 Å². The predicted molar refractivity (Wildman–Crippen MR) is 72.1 cm³/mol. The van der Waals surface area contributed by atoms with Crippen molar-refractivity contribution in [2.45, 2.75) is 65.6 Å². The Morgan fingerprint density at radius 3 is 2.61 bits per heavy atom. The van der Waals surface area contributed by atoms with Gasteiger partial charge >= 0.3 is 5.97 Å². The number of aliphatic hydroxyl groups excluding tert-OH is 1. The lowest BCUT2D eigenvalue weighted by Gasteiger charge is -2.25. The molecular weight excluding hydrogens is 228 g/mol. The van der Waals surface area contributed by atoms with Gasteiger partial charge in [0, 0.05) is 6.92 Å². The molecule has 0 heterocycles. The first-order chi connectivity index (χ1) is 8.45. The third kappa shape index (κ3) is 4.13. The van der Waals surface area contributed by atoms with E-state index in [9.17, 15) is 9.90 Å². The molecular formula is C15H26O3. The fourth-order valence-electron chi connectivity index (χ4n) is 2.91. The van der Waals surface area contributed by atoms with Gasteiger partial charge in [0.15, 0.2) is 0 Å². The van der Waals surface area contributed by atoms with Crippen LogP contribution >= 0.6 is 0 Å². The summed E-state index contributed by atoms with van der Waals surface area (Å²) in [6, 6.07) is 0. The van der Waals surface area contributed by atoms with Crippen LogP contribution in [0.5, 0.6) is 0 Å². The number of aliphatic hydroxyl groups is 1.